The van der Waals surface area contributed by atoms with E-state index >= 15 is 0 Å². The molecule has 9 heteroatoms. The van der Waals surface area contributed by atoms with Gasteiger partial charge in [0.25, 0.3) is 0 Å². The summed E-state index contributed by atoms with van der Waals surface area (Å²) in [6.07, 6.45) is -0.593. The summed E-state index contributed by atoms with van der Waals surface area (Å²) in [5, 5.41) is 11.9. The Kier molecular flexibility index (Phi) is 10.4. The molecule has 0 aromatic rings. The number of ether oxygens (including phenoxy) is 1. The number of hydrogen-bond acceptors (Lipinski definition) is 7. The summed E-state index contributed by atoms with van der Waals surface area (Å²) < 4.78 is 27.7. The maximum absolute atomic E-state index is 12.3. The minimum Gasteiger partial charge on any atom is -0.444 e. The molecule has 7 nitrogen and oxygen atoms in total. The van der Waals surface area contributed by atoms with Crippen molar-refractivity contribution in [3.05, 3.63) is 0 Å². The lowest BCUT2D eigenvalue weighted by Crippen LogP contribution is -2.42. The summed E-state index contributed by atoms with van der Waals surface area (Å²) in [6.45, 7) is 9.14. The van der Waals surface area contributed by atoms with Crippen molar-refractivity contribution in [3.63, 3.8) is 0 Å². The van der Waals surface area contributed by atoms with Gasteiger partial charge in [0.1, 0.15) is 5.60 Å². The Labute approximate surface area is 137 Å². The zero-order valence-electron chi connectivity index (χ0n) is 14.0. The molecule has 0 spiro atoms. The van der Waals surface area contributed by atoms with Crippen molar-refractivity contribution >= 4 is 25.5 Å². The van der Waals surface area contributed by atoms with Crippen LogP contribution in [0.1, 0.15) is 34.6 Å². The molecule has 1 amide bonds. The fraction of sp³-hybridized carbons (Fsp3) is 0.923. The van der Waals surface area contributed by atoms with Crippen LogP contribution in [-0.4, -0.2) is 53.9 Å². The van der Waals surface area contributed by atoms with Gasteiger partial charge in [-0.1, -0.05) is 0 Å². The first-order chi connectivity index (χ1) is 10.2. The second-order valence-electron chi connectivity index (χ2n) is 5.47. The number of carbonyl (C=O) groups excluding carboxylic acids is 1. The zero-order chi connectivity index (χ0) is 17.2. The molecule has 0 heterocycles. The van der Waals surface area contributed by atoms with E-state index in [4.69, 9.17) is 13.8 Å². The largest absolute Gasteiger partial charge is 0.444 e. The molecule has 0 aliphatic heterocycles. The second kappa shape index (κ2) is 10.5. The van der Waals surface area contributed by atoms with Gasteiger partial charge in [-0.05, 0) is 34.6 Å². The van der Waals surface area contributed by atoms with E-state index in [9.17, 15) is 14.5 Å². The number of aliphatic hydroxyl groups excluding tert-OH is 1. The summed E-state index contributed by atoms with van der Waals surface area (Å²) in [7, 11) is -3.12. The van der Waals surface area contributed by atoms with Crippen LogP contribution in [0.15, 0.2) is 0 Å². The van der Waals surface area contributed by atoms with Gasteiger partial charge in [-0.2, -0.15) is 0 Å². The van der Waals surface area contributed by atoms with Crippen molar-refractivity contribution in [1.82, 2.24) is 5.32 Å². The fourth-order valence-corrected chi connectivity index (χ4v) is 4.67. The highest BCUT2D eigenvalue weighted by Gasteiger charge is 2.25. The van der Waals surface area contributed by atoms with Crippen LogP contribution in [0.3, 0.4) is 0 Å². The molecule has 0 saturated heterocycles. The Morgan fingerprint density at radius 2 is 1.82 bits per heavy atom. The molecular formula is C13H28NO6PS. The number of aliphatic hydroxyl groups is 1. The first-order valence-electron chi connectivity index (χ1n) is 7.22. The molecule has 0 radical (unpaired) electrons. The molecule has 1 atom stereocenters. The van der Waals surface area contributed by atoms with Crippen LogP contribution in [0, 0.1) is 0 Å². The zero-order valence-corrected chi connectivity index (χ0v) is 15.7. The number of alkyl carbamates (subject to hydrolysis) is 1. The average molecular weight is 357 g/mol. The van der Waals surface area contributed by atoms with Gasteiger partial charge < -0.3 is 24.2 Å². The third kappa shape index (κ3) is 10.5. The van der Waals surface area contributed by atoms with Crippen LogP contribution >= 0.6 is 19.4 Å². The van der Waals surface area contributed by atoms with Gasteiger partial charge in [0.2, 0.25) is 0 Å². The number of thioether (sulfide) groups is 1. The first kappa shape index (κ1) is 21.7. The van der Waals surface area contributed by atoms with E-state index in [-0.39, 0.29) is 12.1 Å². The molecule has 0 aromatic carbocycles. The van der Waals surface area contributed by atoms with Gasteiger partial charge in [-0.15, -0.1) is 11.8 Å². The van der Waals surface area contributed by atoms with Crippen LogP contribution in [0.25, 0.3) is 0 Å². The van der Waals surface area contributed by atoms with E-state index in [1.807, 2.05) is 0 Å². The van der Waals surface area contributed by atoms with Crippen molar-refractivity contribution in [2.45, 2.75) is 46.3 Å². The molecule has 0 rings (SSSR count). The minimum absolute atomic E-state index is 0.168. The van der Waals surface area contributed by atoms with E-state index in [1.54, 1.807) is 34.6 Å². The Morgan fingerprint density at radius 3 is 2.23 bits per heavy atom. The molecule has 0 fully saturated rings. The predicted octanol–water partition coefficient (Wildman–Crippen LogP) is 2.83. The molecule has 0 aliphatic carbocycles. The number of amides is 1. The van der Waals surface area contributed by atoms with Gasteiger partial charge in [-0.3, -0.25) is 4.57 Å². The topological polar surface area (TPSA) is 94.1 Å². The van der Waals surface area contributed by atoms with E-state index in [0.29, 0.717) is 19.0 Å². The van der Waals surface area contributed by atoms with Crippen LogP contribution in [0.5, 0.6) is 0 Å². The highest BCUT2D eigenvalue weighted by Crippen LogP contribution is 2.50. The second-order valence-corrected chi connectivity index (χ2v) is 8.98. The van der Waals surface area contributed by atoms with Crippen LogP contribution in [0.4, 0.5) is 4.79 Å². The number of nitrogens with one attached hydrogen (secondary N) is 1. The smallest absolute Gasteiger partial charge is 0.407 e. The van der Waals surface area contributed by atoms with E-state index in [2.05, 4.69) is 5.32 Å². The summed E-state index contributed by atoms with van der Waals surface area (Å²) >= 11 is 1.29. The van der Waals surface area contributed by atoms with Gasteiger partial charge >= 0.3 is 13.7 Å². The molecule has 0 aromatic heterocycles. The summed E-state index contributed by atoms with van der Waals surface area (Å²) in [6, 6.07) is -0.489. The van der Waals surface area contributed by atoms with Crippen molar-refractivity contribution in [1.29, 1.82) is 0 Å². The van der Waals surface area contributed by atoms with Gasteiger partial charge in [0.05, 0.1) is 31.4 Å². The van der Waals surface area contributed by atoms with Crippen LogP contribution in [-0.2, 0) is 18.3 Å². The Morgan fingerprint density at radius 1 is 1.27 bits per heavy atom. The molecular weight excluding hydrogens is 329 g/mol. The van der Waals surface area contributed by atoms with Crippen molar-refractivity contribution < 1.29 is 28.3 Å². The van der Waals surface area contributed by atoms with E-state index < -0.39 is 25.3 Å². The molecule has 1 unspecified atom stereocenters. The van der Waals surface area contributed by atoms with Crippen molar-refractivity contribution in [2.24, 2.45) is 0 Å². The lowest BCUT2D eigenvalue weighted by molar-refractivity contribution is 0.0491. The summed E-state index contributed by atoms with van der Waals surface area (Å²) in [4.78, 5) is 11.6. The Balaban J connectivity index is 4.29. The lowest BCUT2D eigenvalue weighted by Gasteiger charge is -2.23. The summed E-state index contributed by atoms with van der Waals surface area (Å²) in [5.41, 5.74) is -0.432. The molecule has 0 aliphatic rings. The van der Waals surface area contributed by atoms with Gasteiger partial charge in [0.15, 0.2) is 0 Å². The van der Waals surface area contributed by atoms with Crippen LogP contribution in [0.2, 0.25) is 0 Å². The van der Waals surface area contributed by atoms with E-state index in [0.717, 1.165) is 0 Å². The quantitative estimate of drug-likeness (QED) is 0.581. The maximum Gasteiger partial charge on any atom is 0.407 e. The fourth-order valence-electron chi connectivity index (χ4n) is 1.43. The highest BCUT2D eigenvalue weighted by molar-refractivity contribution is 8.04. The number of rotatable bonds is 10. The van der Waals surface area contributed by atoms with Crippen molar-refractivity contribution in [3.8, 4) is 0 Å². The molecule has 0 saturated carbocycles. The highest BCUT2D eigenvalue weighted by atomic mass is 32.2. The number of hydrogen-bond donors (Lipinski definition) is 2. The molecule has 132 valence electrons. The maximum atomic E-state index is 12.3. The first-order valence-corrected chi connectivity index (χ1v) is 10.1. The molecule has 2 N–H and O–H groups in total. The van der Waals surface area contributed by atoms with E-state index in [1.165, 1.54) is 11.8 Å². The lowest BCUT2D eigenvalue weighted by atomic mass is 10.2. The average Bonchev–Trinajstić information content (AvgIpc) is 2.35. The predicted molar refractivity (Wildman–Crippen MR) is 88.4 cm³/mol. The molecule has 0 bridgehead atoms. The normalized spacial score (nSPS) is 13.7. The molecule has 22 heavy (non-hydrogen) atoms. The Bertz CT molecular complexity index is 364. The van der Waals surface area contributed by atoms with Crippen LogP contribution < -0.4 is 5.32 Å². The third-order valence-corrected chi connectivity index (χ3v) is 6.10. The third-order valence-electron chi connectivity index (χ3n) is 2.16. The summed E-state index contributed by atoms with van der Waals surface area (Å²) in [5.74, 6) is 0.375. The standard InChI is InChI=1S/C13H28NO6PS/c1-6-18-21(17,19-7-2)10-22-9-11(8-15)14-12(16)20-13(3,4)5/h11,15H,6-10H2,1-5H3,(H,14,16). The van der Waals surface area contributed by atoms with Gasteiger partial charge in [0, 0.05) is 5.75 Å². The monoisotopic (exact) mass is 357 g/mol. The SMILES string of the molecule is CCOP(=O)(CSCC(CO)NC(=O)OC(C)(C)C)OCC. The minimum atomic E-state index is -3.12. The number of carbonyl (C=O) groups is 1. The van der Waals surface area contributed by atoms with Gasteiger partial charge in [-0.25, -0.2) is 4.79 Å². The Hall–Kier alpha value is -0.270. The van der Waals surface area contributed by atoms with Crippen molar-refractivity contribution in [2.75, 3.05) is 31.1 Å².